The topological polar surface area (TPSA) is 75.9 Å². The minimum Gasteiger partial charge on any atom is -0.367 e. The van der Waals surface area contributed by atoms with E-state index in [4.69, 9.17) is 5.84 Å². The van der Waals surface area contributed by atoms with Gasteiger partial charge in [-0.05, 0) is 18.7 Å². The lowest BCUT2D eigenvalue weighted by atomic mass is 10.4. The Kier molecular flexibility index (Phi) is 5.20. The second-order valence-electron chi connectivity index (χ2n) is 3.11. The van der Waals surface area contributed by atoms with Crippen LogP contribution in [0.3, 0.4) is 0 Å². The summed E-state index contributed by atoms with van der Waals surface area (Å²) in [5.41, 5.74) is 2.42. The van der Waals surface area contributed by atoms with E-state index in [9.17, 15) is 0 Å². The van der Waals surface area contributed by atoms with Gasteiger partial charge in [0.25, 0.3) is 0 Å². The van der Waals surface area contributed by atoms with Gasteiger partial charge in [-0.15, -0.1) is 0 Å². The predicted octanol–water partition coefficient (Wildman–Crippen LogP) is 1.32. The summed E-state index contributed by atoms with van der Waals surface area (Å²) in [7, 11) is 0. The first-order chi connectivity index (χ1) is 7.26. The van der Waals surface area contributed by atoms with Gasteiger partial charge >= 0.3 is 0 Å². The van der Waals surface area contributed by atoms with E-state index < -0.39 is 0 Å². The third kappa shape index (κ3) is 4.35. The Morgan fingerprint density at radius 2 is 2.40 bits per heavy atom. The molecule has 84 valence electrons. The molecule has 0 spiro atoms. The Morgan fingerprint density at radius 3 is 3.07 bits per heavy atom. The molecule has 0 radical (unpaired) electrons. The first-order valence-electron chi connectivity index (χ1n) is 4.90. The van der Waals surface area contributed by atoms with Gasteiger partial charge in [-0.1, -0.05) is 6.92 Å². The number of hydrogen-bond donors (Lipinski definition) is 3. The van der Waals surface area contributed by atoms with E-state index in [0.717, 1.165) is 17.3 Å². The maximum absolute atomic E-state index is 5.22. The number of rotatable bonds is 6. The van der Waals surface area contributed by atoms with E-state index in [1.54, 1.807) is 6.20 Å². The van der Waals surface area contributed by atoms with E-state index in [1.165, 1.54) is 0 Å². The second-order valence-corrected chi connectivity index (χ2v) is 4.43. The van der Waals surface area contributed by atoms with E-state index in [0.29, 0.717) is 12.0 Å². The lowest BCUT2D eigenvalue weighted by Crippen LogP contribution is -2.20. The molecule has 0 aliphatic heterocycles. The molecule has 1 rings (SSSR count). The Hall–Kier alpha value is -1.01. The number of aromatic nitrogens is 2. The van der Waals surface area contributed by atoms with Crippen LogP contribution >= 0.6 is 11.8 Å². The fourth-order valence-electron chi connectivity index (χ4n) is 1.10. The molecule has 1 aromatic heterocycles. The molecule has 0 fully saturated rings. The Morgan fingerprint density at radius 1 is 1.60 bits per heavy atom. The first kappa shape index (κ1) is 12.1. The normalized spacial score (nSPS) is 12.2. The van der Waals surface area contributed by atoms with Crippen molar-refractivity contribution < 1.29 is 0 Å². The van der Waals surface area contributed by atoms with Gasteiger partial charge in [-0.2, -0.15) is 16.7 Å². The molecule has 1 heterocycles. The fourth-order valence-corrected chi connectivity index (χ4v) is 1.77. The highest BCUT2D eigenvalue weighted by Gasteiger charge is 2.03. The van der Waals surface area contributed by atoms with Gasteiger partial charge < -0.3 is 5.32 Å². The van der Waals surface area contributed by atoms with E-state index in [1.807, 2.05) is 17.8 Å². The van der Waals surface area contributed by atoms with E-state index in [-0.39, 0.29) is 0 Å². The smallest absolute Gasteiger partial charge is 0.239 e. The van der Waals surface area contributed by atoms with Gasteiger partial charge in [-0.3, -0.25) is 5.43 Å². The largest absolute Gasteiger partial charge is 0.367 e. The maximum Gasteiger partial charge on any atom is 0.239 e. The Bertz CT molecular complexity index is 294. The number of hydrogen-bond acceptors (Lipinski definition) is 6. The molecule has 4 N–H and O–H groups in total. The van der Waals surface area contributed by atoms with Crippen LogP contribution in [0.15, 0.2) is 12.3 Å². The van der Waals surface area contributed by atoms with Gasteiger partial charge in [0.1, 0.15) is 5.82 Å². The summed E-state index contributed by atoms with van der Waals surface area (Å²) in [5, 5.41) is 3.28. The zero-order chi connectivity index (χ0) is 11.1. The summed E-state index contributed by atoms with van der Waals surface area (Å²) in [6, 6.07) is 2.21. The van der Waals surface area contributed by atoms with E-state index >= 15 is 0 Å². The van der Waals surface area contributed by atoms with Crippen LogP contribution in [-0.4, -0.2) is 27.5 Å². The van der Waals surface area contributed by atoms with Crippen LogP contribution in [0.2, 0.25) is 0 Å². The number of nitrogen functional groups attached to an aromatic ring is 1. The molecular formula is C9H17N5S. The van der Waals surface area contributed by atoms with Crippen molar-refractivity contribution in [2.45, 2.75) is 19.9 Å². The van der Waals surface area contributed by atoms with Crippen LogP contribution in [-0.2, 0) is 0 Å². The van der Waals surface area contributed by atoms with Crippen LogP contribution in [0.5, 0.6) is 0 Å². The minimum absolute atomic E-state index is 0.385. The molecule has 1 aromatic rings. The van der Waals surface area contributed by atoms with Crippen LogP contribution in [0.1, 0.15) is 13.8 Å². The molecule has 0 aliphatic carbocycles. The van der Waals surface area contributed by atoms with Crippen LogP contribution in [0.4, 0.5) is 11.8 Å². The number of nitrogens with one attached hydrogen (secondary N) is 2. The third-order valence-corrected chi connectivity index (χ3v) is 2.89. The van der Waals surface area contributed by atoms with Crippen molar-refractivity contribution in [3.8, 4) is 0 Å². The standard InChI is InChI=1S/C9H17N5S/c1-3-15-6-7(2)12-8-4-5-11-9(13-8)14-10/h4-5,7H,3,6,10H2,1-2H3,(H2,11,12,13,14). The molecule has 0 aromatic carbocycles. The number of anilines is 2. The second kappa shape index (κ2) is 6.47. The van der Waals surface area contributed by atoms with Crippen LogP contribution in [0.25, 0.3) is 0 Å². The maximum atomic E-state index is 5.22. The lowest BCUT2D eigenvalue weighted by molar-refractivity contribution is 0.898. The van der Waals surface area contributed by atoms with Gasteiger partial charge in [0.15, 0.2) is 0 Å². The minimum atomic E-state index is 0.385. The van der Waals surface area contributed by atoms with Crippen molar-refractivity contribution >= 4 is 23.5 Å². The predicted molar refractivity (Wildman–Crippen MR) is 65.9 cm³/mol. The summed E-state index contributed by atoms with van der Waals surface area (Å²) in [6.07, 6.45) is 1.67. The van der Waals surface area contributed by atoms with Gasteiger partial charge in [0.2, 0.25) is 5.95 Å². The molecule has 0 bridgehead atoms. The van der Waals surface area contributed by atoms with Crippen molar-refractivity contribution in [1.29, 1.82) is 0 Å². The summed E-state index contributed by atoms with van der Waals surface area (Å²) in [5.74, 6) is 8.63. The number of nitrogens with two attached hydrogens (primary N) is 1. The molecule has 1 unspecified atom stereocenters. The molecule has 6 heteroatoms. The van der Waals surface area contributed by atoms with Gasteiger partial charge in [0.05, 0.1) is 0 Å². The highest BCUT2D eigenvalue weighted by atomic mass is 32.2. The molecule has 0 saturated heterocycles. The van der Waals surface area contributed by atoms with E-state index in [2.05, 4.69) is 34.6 Å². The summed E-state index contributed by atoms with van der Waals surface area (Å²) in [4.78, 5) is 8.11. The monoisotopic (exact) mass is 227 g/mol. The zero-order valence-electron chi connectivity index (χ0n) is 9.03. The number of nitrogens with zero attached hydrogens (tertiary/aromatic N) is 2. The fraction of sp³-hybridized carbons (Fsp3) is 0.556. The van der Waals surface area contributed by atoms with Gasteiger partial charge in [0, 0.05) is 18.0 Å². The molecule has 0 amide bonds. The number of hydrazine groups is 1. The van der Waals surface area contributed by atoms with Crippen LogP contribution in [0, 0.1) is 0 Å². The van der Waals surface area contributed by atoms with Gasteiger partial charge in [-0.25, -0.2) is 10.8 Å². The average Bonchev–Trinajstić information content (AvgIpc) is 2.26. The van der Waals surface area contributed by atoms with Crippen LogP contribution < -0.4 is 16.6 Å². The highest BCUT2D eigenvalue weighted by Crippen LogP contribution is 2.09. The van der Waals surface area contributed by atoms with Crippen molar-refractivity contribution in [1.82, 2.24) is 9.97 Å². The molecule has 1 atom stereocenters. The molecule has 0 saturated carbocycles. The van der Waals surface area contributed by atoms with Crippen molar-refractivity contribution in [2.24, 2.45) is 5.84 Å². The highest BCUT2D eigenvalue weighted by molar-refractivity contribution is 7.99. The average molecular weight is 227 g/mol. The van der Waals surface area contributed by atoms with Crippen molar-refractivity contribution in [2.75, 3.05) is 22.2 Å². The molecular weight excluding hydrogens is 210 g/mol. The summed E-state index contributed by atoms with van der Waals surface area (Å²) >= 11 is 1.90. The third-order valence-electron chi connectivity index (χ3n) is 1.75. The Balaban J connectivity index is 2.48. The quantitative estimate of drug-likeness (QED) is 0.502. The zero-order valence-corrected chi connectivity index (χ0v) is 9.84. The lowest BCUT2D eigenvalue weighted by Gasteiger charge is -2.13. The summed E-state index contributed by atoms with van der Waals surface area (Å²) < 4.78 is 0. The van der Waals surface area contributed by atoms with Crippen molar-refractivity contribution in [3.05, 3.63) is 12.3 Å². The van der Waals surface area contributed by atoms with Crippen molar-refractivity contribution in [3.63, 3.8) is 0 Å². The molecule has 5 nitrogen and oxygen atoms in total. The molecule has 0 aliphatic rings. The number of thioether (sulfide) groups is 1. The summed E-state index contributed by atoms with van der Waals surface area (Å²) in [6.45, 7) is 4.28. The SMILES string of the molecule is CCSCC(C)Nc1ccnc(NN)n1. The Labute approximate surface area is 94.2 Å². The molecule has 15 heavy (non-hydrogen) atoms. The first-order valence-corrected chi connectivity index (χ1v) is 6.05.